The molecule has 0 atom stereocenters. The first-order chi connectivity index (χ1) is 12.5. The summed E-state index contributed by atoms with van der Waals surface area (Å²) >= 11 is 0. The zero-order chi connectivity index (χ0) is 19.1. The van der Waals surface area contributed by atoms with Crippen molar-refractivity contribution >= 4 is 23.2 Å². The van der Waals surface area contributed by atoms with Crippen LogP contribution in [-0.2, 0) is 4.79 Å². The Labute approximate surface area is 152 Å². The van der Waals surface area contributed by atoms with Gasteiger partial charge in [0.2, 0.25) is 5.91 Å². The van der Waals surface area contributed by atoms with E-state index >= 15 is 0 Å². The molecule has 2 N–H and O–H groups in total. The lowest BCUT2D eigenvalue weighted by atomic mass is 10.1. The van der Waals surface area contributed by atoms with Gasteiger partial charge in [-0.05, 0) is 36.4 Å². The van der Waals surface area contributed by atoms with Crippen LogP contribution >= 0.6 is 0 Å². The Balaban J connectivity index is 1.98. The summed E-state index contributed by atoms with van der Waals surface area (Å²) in [4.78, 5) is 26.5. The van der Waals surface area contributed by atoms with Gasteiger partial charge in [-0.25, -0.2) is 0 Å². The number of hydrogen-bond acceptors (Lipinski definition) is 5. The first kappa shape index (κ1) is 19.1. The normalized spacial score (nSPS) is 10.0. The zero-order valence-corrected chi connectivity index (χ0v) is 15.3. The van der Waals surface area contributed by atoms with E-state index < -0.39 is 5.91 Å². The topological polar surface area (TPSA) is 79.9 Å². The Morgan fingerprint density at radius 2 is 1.54 bits per heavy atom. The van der Waals surface area contributed by atoms with E-state index in [1.54, 1.807) is 30.3 Å². The van der Waals surface area contributed by atoms with Gasteiger partial charge in [0.05, 0.1) is 20.8 Å². The molecule has 7 heteroatoms. The standard InChI is InChI=1S/C19H23N3O4/c1-22(2)14-10-8-13(9-11-14)21-17(23)12-20-19(24)18-15(25-3)6-5-7-16(18)26-4/h5-11H,12H2,1-4H3,(H,20,24)(H,21,23). The maximum atomic E-state index is 12.4. The van der Waals surface area contributed by atoms with E-state index in [1.165, 1.54) is 14.2 Å². The van der Waals surface area contributed by atoms with Gasteiger partial charge in [-0.15, -0.1) is 0 Å². The highest BCUT2D eigenvalue weighted by atomic mass is 16.5. The Kier molecular flexibility index (Phi) is 6.43. The Morgan fingerprint density at radius 3 is 2.04 bits per heavy atom. The van der Waals surface area contributed by atoms with Crippen LogP contribution in [0.5, 0.6) is 11.5 Å². The molecule has 26 heavy (non-hydrogen) atoms. The van der Waals surface area contributed by atoms with Crippen molar-refractivity contribution in [2.45, 2.75) is 0 Å². The summed E-state index contributed by atoms with van der Waals surface area (Å²) in [7, 11) is 6.82. The van der Waals surface area contributed by atoms with Gasteiger partial charge in [-0.1, -0.05) is 6.07 Å². The molecule has 0 spiro atoms. The van der Waals surface area contributed by atoms with Gasteiger partial charge in [0.15, 0.2) is 0 Å². The van der Waals surface area contributed by atoms with Crippen LogP contribution in [0.1, 0.15) is 10.4 Å². The Hall–Kier alpha value is -3.22. The molecule has 0 unspecified atom stereocenters. The van der Waals surface area contributed by atoms with Gasteiger partial charge in [0, 0.05) is 25.5 Å². The molecule has 2 aromatic rings. The monoisotopic (exact) mass is 357 g/mol. The quantitative estimate of drug-likeness (QED) is 0.794. The van der Waals surface area contributed by atoms with Gasteiger partial charge in [-0.3, -0.25) is 9.59 Å². The molecule has 0 saturated carbocycles. The highest BCUT2D eigenvalue weighted by molar-refractivity contribution is 6.02. The van der Waals surface area contributed by atoms with Crippen molar-refractivity contribution in [3.05, 3.63) is 48.0 Å². The minimum atomic E-state index is -0.447. The summed E-state index contributed by atoms with van der Waals surface area (Å²) in [5.41, 5.74) is 1.94. The third-order valence-electron chi connectivity index (χ3n) is 3.73. The van der Waals surface area contributed by atoms with Crippen LogP contribution in [0.3, 0.4) is 0 Å². The smallest absolute Gasteiger partial charge is 0.259 e. The maximum Gasteiger partial charge on any atom is 0.259 e. The van der Waals surface area contributed by atoms with Gasteiger partial charge in [-0.2, -0.15) is 0 Å². The lowest BCUT2D eigenvalue weighted by molar-refractivity contribution is -0.115. The van der Waals surface area contributed by atoms with Crippen molar-refractivity contribution in [2.75, 3.05) is 45.1 Å². The number of methoxy groups -OCH3 is 2. The summed E-state index contributed by atoms with van der Waals surface area (Å²) in [6, 6.07) is 12.4. The number of amides is 2. The summed E-state index contributed by atoms with van der Waals surface area (Å²) in [6.45, 7) is -0.171. The van der Waals surface area contributed by atoms with Crippen molar-refractivity contribution in [1.29, 1.82) is 0 Å². The third-order valence-corrected chi connectivity index (χ3v) is 3.73. The second kappa shape index (κ2) is 8.75. The Morgan fingerprint density at radius 1 is 0.962 bits per heavy atom. The number of carbonyl (C=O) groups is 2. The van der Waals surface area contributed by atoms with Crippen molar-refractivity contribution in [1.82, 2.24) is 5.32 Å². The SMILES string of the molecule is COc1cccc(OC)c1C(=O)NCC(=O)Nc1ccc(N(C)C)cc1. The molecule has 0 saturated heterocycles. The fraction of sp³-hybridized carbons (Fsp3) is 0.263. The fourth-order valence-corrected chi connectivity index (χ4v) is 2.37. The van der Waals surface area contributed by atoms with Crippen LogP contribution in [0.25, 0.3) is 0 Å². The van der Waals surface area contributed by atoms with Crippen molar-refractivity contribution < 1.29 is 19.1 Å². The number of rotatable bonds is 7. The molecule has 0 heterocycles. The van der Waals surface area contributed by atoms with E-state index in [4.69, 9.17) is 9.47 Å². The zero-order valence-electron chi connectivity index (χ0n) is 15.3. The lowest BCUT2D eigenvalue weighted by Gasteiger charge is -2.14. The largest absolute Gasteiger partial charge is 0.496 e. The Bertz CT molecular complexity index is 751. The first-order valence-corrected chi connectivity index (χ1v) is 8.02. The molecule has 2 rings (SSSR count). The number of nitrogens with one attached hydrogen (secondary N) is 2. The van der Waals surface area contributed by atoms with E-state index in [0.29, 0.717) is 17.2 Å². The molecule has 2 aromatic carbocycles. The van der Waals surface area contributed by atoms with Gasteiger partial charge in [0.25, 0.3) is 5.91 Å². The summed E-state index contributed by atoms with van der Waals surface area (Å²) in [5.74, 6) is -0.0229. The van der Waals surface area contributed by atoms with Crippen LogP contribution in [0.15, 0.2) is 42.5 Å². The molecular formula is C19H23N3O4. The fourth-order valence-electron chi connectivity index (χ4n) is 2.37. The predicted octanol–water partition coefficient (Wildman–Crippen LogP) is 2.14. The van der Waals surface area contributed by atoms with E-state index in [1.807, 2.05) is 31.1 Å². The molecular weight excluding hydrogens is 334 g/mol. The number of ether oxygens (including phenoxy) is 2. The number of benzene rings is 2. The molecule has 0 aliphatic carbocycles. The molecule has 138 valence electrons. The van der Waals surface area contributed by atoms with Crippen LogP contribution in [-0.4, -0.2) is 46.7 Å². The van der Waals surface area contributed by atoms with Crippen LogP contribution in [0, 0.1) is 0 Å². The van der Waals surface area contributed by atoms with Crippen LogP contribution < -0.4 is 25.0 Å². The molecule has 0 bridgehead atoms. The van der Waals surface area contributed by atoms with E-state index in [0.717, 1.165) is 5.69 Å². The van der Waals surface area contributed by atoms with Gasteiger partial charge < -0.3 is 25.0 Å². The second-order valence-corrected chi connectivity index (χ2v) is 5.71. The second-order valence-electron chi connectivity index (χ2n) is 5.71. The van der Waals surface area contributed by atoms with Crippen molar-refractivity contribution in [2.24, 2.45) is 0 Å². The number of hydrogen-bond donors (Lipinski definition) is 2. The molecule has 0 radical (unpaired) electrons. The minimum Gasteiger partial charge on any atom is -0.496 e. The maximum absolute atomic E-state index is 12.4. The van der Waals surface area contributed by atoms with Crippen LogP contribution in [0.2, 0.25) is 0 Å². The molecule has 0 fully saturated rings. The van der Waals surface area contributed by atoms with Crippen molar-refractivity contribution in [3.63, 3.8) is 0 Å². The highest BCUT2D eigenvalue weighted by Crippen LogP contribution is 2.27. The third kappa shape index (κ3) is 4.66. The molecule has 0 aliphatic heterocycles. The average molecular weight is 357 g/mol. The van der Waals surface area contributed by atoms with Crippen molar-refractivity contribution in [3.8, 4) is 11.5 Å². The summed E-state index contributed by atoms with van der Waals surface area (Å²) < 4.78 is 10.4. The summed E-state index contributed by atoms with van der Waals surface area (Å²) in [5, 5.41) is 5.32. The van der Waals surface area contributed by atoms with Gasteiger partial charge in [0.1, 0.15) is 17.1 Å². The average Bonchev–Trinajstić information content (AvgIpc) is 2.65. The van der Waals surface area contributed by atoms with E-state index in [-0.39, 0.29) is 18.0 Å². The lowest BCUT2D eigenvalue weighted by Crippen LogP contribution is -2.33. The highest BCUT2D eigenvalue weighted by Gasteiger charge is 2.18. The molecule has 0 aliphatic rings. The predicted molar refractivity (Wildman–Crippen MR) is 101 cm³/mol. The molecule has 7 nitrogen and oxygen atoms in total. The first-order valence-electron chi connectivity index (χ1n) is 8.02. The molecule has 2 amide bonds. The van der Waals surface area contributed by atoms with Gasteiger partial charge >= 0.3 is 0 Å². The number of carbonyl (C=O) groups excluding carboxylic acids is 2. The van der Waals surface area contributed by atoms with E-state index in [9.17, 15) is 9.59 Å². The minimum absolute atomic E-state index is 0.171. The van der Waals surface area contributed by atoms with Crippen LogP contribution in [0.4, 0.5) is 11.4 Å². The molecule has 0 aromatic heterocycles. The number of anilines is 2. The number of nitrogens with zero attached hydrogens (tertiary/aromatic N) is 1. The van der Waals surface area contributed by atoms with E-state index in [2.05, 4.69) is 10.6 Å². The summed E-state index contributed by atoms with van der Waals surface area (Å²) in [6.07, 6.45) is 0.